The van der Waals surface area contributed by atoms with Crippen LogP contribution in [0.15, 0.2) is 10.7 Å². The second kappa shape index (κ2) is 5.24. The Labute approximate surface area is 116 Å². The van der Waals surface area contributed by atoms with Crippen LogP contribution in [0.1, 0.15) is 44.3 Å². The summed E-state index contributed by atoms with van der Waals surface area (Å²) in [6, 6.07) is 0. The molecule has 20 heavy (non-hydrogen) atoms. The number of nitrogens with two attached hydrogens (primary N) is 1. The third-order valence-corrected chi connectivity index (χ3v) is 4.03. The molecule has 0 atom stereocenters. The highest BCUT2D eigenvalue weighted by Gasteiger charge is 2.37. The summed E-state index contributed by atoms with van der Waals surface area (Å²) in [5.74, 6) is 1.41. The smallest absolute Gasteiger partial charge is 0.263 e. The summed E-state index contributed by atoms with van der Waals surface area (Å²) in [6.45, 7) is 0. The van der Waals surface area contributed by atoms with Crippen LogP contribution in [0, 0.1) is 0 Å². The number of hydrogen-bond acceptors (Lipinski definition) is 6. The molecule has 1 aliphatic carbocycles. The fraction of sp³-hybridized carbons (Fsp3) is 0.615. The first-order valence-corrected chi connectivity index (χ1v) is 6.94. The van der Waals surface area contributed by atoms with Crippen LogP contribution < -0.4 is 5.73 Å². The molecule has 0 amide bonds. The molecule has 7 heteroatoms. The highest BCUT2D eigenvalue weighted by Crippen LogP contribution is 2.38. The molecule has 1 aliphatic rings. The quantitative estimate of drug-likeness (QED) is 0.834. The second-order valence-electron chi connectivity index (χ2n) is 5.23. The van der Waals surface area contributed by atoms with Crippen molar-refractivity contribution in [3.05, 3.63) is 12.0 Å². The van der Waals surface area contributed by atoms with Crippen LogP contribution >= 0.6 is 0 Å². The van der Waals surface area contributed by atoms with Crippen molar-refractivity contribution in [1.82, 2.24) is 20.3 Å². The van der Waals surface area contributed by atoms with Gasteiger partial charge in [-0.25, -0.2) is 0 Å². The maximum atomic E-state index is 5.77. The number of anilines is 1. The van der Waals surface area contributed by atoms with Crippen LogP contribution in [-0.4, -0.2) is 27.4 Å². The van der Waals surface area contributed by atoms with Gasteiger partial charge in [0.1, 0.15) is 17.0 Å². The molecule has 0 radical (unpaired) electrons. The zero-order chi connectivity index (χ0) is 14.0. The number of rotatable bonds is 3. The Hall–Kier alpha value is -1.89. The molecule has 1 saturated carbocycles. The van der Waals surface area contributed by atoms with Gasteiger partial charge >= 0.3 is 0 Å². The molecule has 7 nitrogen and oxygen atoms in total. The standard InChI is InChI=1S/C13H19N5O2/c1-19-13(6-4-2-3-5-7-13)12-16-11(20-18-12)9-8-15-17-10(9)14/h8H,2-7H2,1H3,(H3,14,15,17). The number of nitrogens with one attached hydrogen (secondary N) is 1. The van der Waals surface area contributed by atoms with Gasteiger partial charge in [0.2, 0.25) is 5.82 Å². The number of aromatic amines is 1. The number of H-pyrrole nitrogens is 1. The van der Waals surface area contributed by atoms with E-state index in [9.17, 15) is 0 Å². The number of methoxy groups -OCH3 is 1. The molecule has 0 bridgehead atoms. The van der Waals surface area contributed by atoms with Crippen LogP contribution in [0.3, 0.4) is 0 Å². The van der Waals surface area contributed by atoms with Crippen molar-refractivity contribution < 1.29 is 9.26 Å². The van der Waals surface area contributed by atoms with E-state index in [-0.39, 0.29) is 0 Å². The van der Waals surface area contributed by atoms with Gasteiger partial charge in [0, 0.05) is 7.11 Å². The van der Waals surface area contributed by atoms with Gasteiger partial charge in [0.15, 0.2) is 0 Å². The first kappa shape index (κ1) is 13.1. The summed E-state index contributed by atoms with van der Waals surface area (Å²) in [4.78, 5) is 4.48. The zero-order valence-electron chi connectivity index (χ0n) is 11.6. The Bertz CT molecular complexity index is 569. The molecule has 0 saturated heterocycles. The number of nitrogen functional groups attached to an aromatic ring is 1. The third-order valence-electron chi connectivity index (χ3n) is 4.03. The lowest BCUT2D eigenvalue weighted by Crippen LogP contribution is -2.29. The summed E-state index contributed by atoms with van der Waals surface area (Å²) >= 11 is 0. The Balaban J connectivity index is 1.93. The Morgan fingerprint density at radius 3 is 2.65 bits per heavy atom. The van der Waals surface area contributed by atoms with Crippen molar-refractivity contribution >= 4 is 5.82 Å². The molecule has 2 aromatic heterocycles. The normalized spacial score (nSPS) is 18.9. The van der Waals surface area contributed by atoms with Crippen molar-refractivity contribution in [3.63, 3.8) is 0 Å². The van der Waals surface area contributed by atoms with E-state index >= 15 is 0 Å². The van der Waals surface area contributed by atoms with Crippen LogP contribution in [0.5, 0.6) is 0 Å². The Morgan fingerprint density at radius 2 is 2.05 bits per heavy atom. The minimum Gasteiger partial charge on any atom is -0.383 e. The van der Waals surface area contributed by atoms with Gasteiger partial charge in [-0.05, 0) is 12.8 Å². The molecular formula is C13H19N5O2. The van der Waals surface area contributed by atoms with Gasteiger partial charge in [-0.3, -0.25) is 5.10 Å². The van der Waals surface area contributed by atoms with Gasteiger partial charge < -0.3 is 15.0 Å². The zero-order valence-corrected chi connectivity index (χ0v) is 11.6. The molecule has 1 fully saturated rings. The molecule has 0 aliphatic heterocycles. The van der Waals surface area contributed by atoms with E-state index in [1.54, 1.807) is 13.3 Å². The van der Waals surface area contributed by atoms with E-state index < -0.39 is 5.60 Å². The fourth-order valence-electron chi connectivity index (χ4n) is 2.80. The van der Waals surface area contributed by atoms with E-state index in [2.05, 4.69) is 20.3 Å². The average molecular weight is 277 g/mol. The van der Waals surface area contributed by atoms with Gasteiger partial charge in [-0.2, -0.15) is 10.1 Å². The number of aromatic nitrogens is 4. The van der Waals surface area contributed by atoms with E-state index in [1.165, 1.54) is 12.8 Å². The number of hydrogen-bond donors (Lipinski definition) is 2. The van der Waals surface area contributed by atoms with Crippen molar-refractivity contribution in [2.45, 2.75) is 44.1 Å². The molecule has 0 aromatic carbocycles. The monoisotopic (exact) mass is 277 g/mol. The van der Waals surface area contributed by atoms with Gasteiger partial charge in [-0.15, -0.1) is 0 Å². The highest BCUT2D eigenvalue weighted by molar-refractivity contribution is 5.65. The molecule has 108 valence electrons. The topological polar surface area (TPSA) is 103 Å². The van der Waals surface area contributed by atoms with Crippen LogP contribution in [-0.2, 0) is 10.3 Å². The van der Waals surface area contributed by atoms with Crippen LogP contribution in [0.2, 0.25) is 0 Å². The largest absolute Gasteiger partial charge is 0.383 e. The molecular weight excluding hydrogens is 258 g/mol. The summed E-state index contributed by atoms with van der Waals surface area (Å²) in [5, 5.41) is 10.6. The molecule has 0 unspecified atom stereocenters. The fourth-order valence-corrected chi connectivity index (χ4v) is 2.80. The van der Waals surface area contributed by atoms with Crippen molar-refractivity contribution in [2.24, 2.45) is 0 Å². The first-order valence-electron chi connectivity index (χ1n) is 6.94. The predicted octanol–water partition coefficient (Wildman–Crippen LogP) is 2.24. The van der Waals surface area contributed by atoms with Crippen molar-refractivity contribution in [3.8, 4) is 11.5 Å². The Kier molecular flexibility index (Phi) is 3.43. The van der Waals surface area contributed by atoms with Crippen LogP contribution in [0.4, 0.5) is 5.82 Å². The molecule has 3 N–H and O–H groups in total. The van der Waals surface area contributed by atoms with Gasteiger partial charge in [0.25, 0.3) is 5.89 Å². The predicted molar refractivity (Wildman–Crippen MR) is 72.7 cm³/mol. The maximum Gasteiger partial charge on any atom is 0.263 e. The van der Waals surface area contributed by atoms with Crippen molar-refractivity contribution in [2.75, 3.05) is 12.8 Å². The van der Waals surface area contributed by atoms with E-state index in [4.69, 9.17) is 15.0 Å². The lowest BCUT2D eigenvalue weighted by molar-refractivity contribution is -0.0365. The molecule has 3 rings (SSSR count). The molecule has 0 spiro atoms. The lowest BCUT2D eigenvalue weighted by Gasteiger charge is -2.27. The minimum atomic E-state index is -0.434. The summed E-state index contributed by atoms with van der Waals surface area (Å²) in [6.07, 6.45) is 8.11. The van der Waals surface area contributed by atoms with Gasteiger partial charge in [0.05, 0.1) is 6.20 Å². The van der Waals surface area contributed by atoms with Gasteiger partial charge in [-0.1, -0.05) is 30.8 Å². The average Bonchev–Trinajstić information content (AvgIpc) is 3.03. The molecule has 2 aromatic rings. The lowest BCUT2D eigenvalue weighted by atomic mass is 9.93. The summed E-state index contributed by atoms with van der Waals surface area (Å²) in [7, 11) is 1.72. The summed E-state index contributed by atoms with van der Waals surface area (Å²) in [5.41, 5.74) is 5.97. The number of ether oxygens (including phenoxy) is 1. The SMILES string of the molecule is COC1(c2noc(-c3cn[nH]c3N)n2)CCCCCC1. The maximum absolute atomic E-state index is 5.77. The third kappa shape index (κ3) is 2.18. The number of nitrogens with zero attached hydrogens (tertiary/aromatic N) is 3. The molecule has 2 heterocycles. The van der Waals surface area contributed by atoms with Crippen LogP contribution in [0.25, 0.3) is 11.5 Å². The first-order chi connectivity index (χ1) is 9.75. The minimum absolute atomic E-state index is 0.381. The Morgan fingerprint density at radius 1 is 1.30 bits per heavy atom. The van der Waals surface area contributed by atoms with E-state index in [1.807, 2.05) is 0 Å². The summed E-state index contributed by atoms with van der Waals surface area (Å²) < 4.78 is 11.1. The second-order valence-corrected chi connectivity index (χ2v) is 5.23. The van der Waals surface area contributed by atoms with E-state index in [0.717, 1.165) is 25.7 Å². The van der Waals surface area contributed by atoms with Crippen molar-refractivity contribution in [1.29, 1.82) is 0 Å². The van der Waals surface area contributed by atoms with E-state index in [0.29, 0.717) is 23.1 Å². The highest BCUT2D eigenvalue weighted by atomic mass is 16.5.